The Bertz CT molecular complexity index is 488. The lowest BCUT2D eigenvalue weighted by molar-refractivity contribution is 0.143. The molecule has 0 aliphatic carbocycles. The molecule has 2 fully saturated rings. The molecule has 4 nitrogen and oxygen atoms in total. The molecule has 2 amide bonds. The summed E-state index contributed by atoms with van der Waals surface area (Å²) in [5.41, 5.74) is 1.22. The van der Waals surface area contributed by atoms with E-state index < -0.39 is 0 Å². The highest BCUT2D eigenvalue weighted by molar-refractivity contribution is 5.75. The van der Waals surface area contributed by atoms with E-state index in [4.69, 9.17) is 0 Å². The average Bonchev–Trinajstić information content (AvgIpc) is 3.06. The fourth-order valence-corrected chi connectivity index (χ4v) is 3.61. The van der Waals surface area contributed by atoms with Crippen molar-refractivity contribution >= 4 is 6.03 Å². The quantitative estimate of drug-likeness (QED) is 0.931. The Balaban J connectivity index is 1.72. The number of amides is 2. The first kappa shape index (κ1) is 15.3. The summed E-state index contributed by atoms with van der Waals surface area (Å²) < 4.78 is 0. The predicted octanol–water partition coefficient (Wildman–Crippen LogP) is 2.50. The first-order valence-electron chi connectivity index (χ1n) is 8.46. The van der Waals surface area contributed by atoms with Gasteiger partial charge in [-0.2, -0.15) is 0 Å². The van der Waals surface area contributed by atoms with E-state index in [2.05, 4.69) is 41.5 Å². The minimum absolute atomic E-state index is 0.0897. The number of hydrogen-bond acceptors (Lipinski definition) is 2. The number of piperidine rings is 1. The molecule has 2 aliphatic rings. The molecular weight excluding hydrogens is 274 g/mol. The summed E-state index contributed by atoms with van der Waals surface area (Å²) in [5.74, 6) is 0. The third kappa shape index (κ3) is 3.61. The van der Waals surface area contributed by atoms with E-state index in [0.29, 0.717) is 0 Å². The molecular formula is C18H27N3O. The van der Waals surface area contributed by atoms with Crippen LogP contribution in [-0.2, 0) is 6.42 Å². The average molecular weight is 301 g/mol. The van der Waals surface area contributed by atoms with E-state index in [9.17, 15) is 4.79 Å². The maximum atomic E-state index is 12.6. The van der Waals surface area contributed by atoms with Gasteiger partial charge in [-0.15, -0.1) is 0 Å². The second-order valence-electron chi connectivity index (χ2n) is 6.87. The lowest BCUT2D eigenvalue weighted by atomic mass is 9.82. The molecule has 0 saturated carbocycles. The molecule has 1 aromatic rings. The van der Waals surface area contributed by atoms with Gasteiger partial charge in [-0.05, 0) is 44.7 Å². The van der Waals surface area contributed by atoms with Crippen LogP contribution in [0.3, 0.4) is 0 Å². The van der Waals surface area contributed by atoms with Crippen molar-refractivity contribution in [2.75, 3.05) is 33.2 Å². The molecule has 2 aliphatic heterocycles. The molecule has 0 bridgehead atoms. The molecule has 1 N–H and O–H groups in total. The van der Waals surface area contributed by atoms with Crippen molar-refractivity contribution in [2.24, 2.45) is 0 Å². The third-order valence-corrected chi connectivity index (χ3v) is 5.09. The van der Waals surface area contributed by atoms with E-state index >= 15 is 0 Å². The van der Waals surface area contributed by atoms with Gasteiger partial charge in [0.1, 0.15) is 0 Å². The fraction of sp³-hybridized carbons (Fsp3) is 0.611. The Labute approximate surface area is 133 Å². The van der Waals surface area contributed by atoms with Crippen LogP contribution in [0.25, 0.3) is 0 Å². The van der Waals surface area contributed by atoms with Crippen LogP contribution in [-0.4, -0.2) is 54.6 Å². The number of likely N-dealkylation sites (tertiary alicyclic amines) is 2. The van der Waals surface area contributed by atoms with Crippen LogP contribution in [0.4, 0.5) is 4.79 Å². The minimum atomic E-state index is -0.0897. The van der Waals surface area contributed by atoms with Crippen molar-refractivity contribution in [2.45, 2.75) is 37.6 Å². The number of carbonyl (C=O) groups excluding carboxylic acids is 1. The van der Waals surface area contributed by atoms with Crippen molar-refractivity contribution in [3.8, 4) is 0 Å². The molecule has 0 radical (unpaired) electrons. The van der Waals surface area contributed by atoms with Crippen molar-refractivity contribution < 1.29 is 4.79 Å². The SMILES string of the molecule is CN1CCC(Cc2ccccc2)(NC(=O)N2CCCC2)CC1. The van der Waals surface area contributed by atoms with Gasteiger partial charge in [0.15, 0.2) is 0 Å². The fourth-order valence-electron chi connectivity index (χ4n) is 3.61. The summed E-state index contributed by atoms with van der Waals surface area (Å²) in [5, 5.41) is 3.40. The maximum Gasteiger partial charge on any atom is 0.317 e. The zero-order valence-corrected chi connectivity index (χ0v) is 13.6. The second-order valence-corrected chi connectivity index (χ2v) is 6.87. The van der Waals surface area contributed by atoms with Gasteiger partial charge in [0.2, 0.25) is 0 Å². The molecule has 0 spiro atoms. The zero-order chi connectivity index (χ0) is 15.4. The Hall–Kier alpha value is -1.55. The lowest BCUT2D eigenvalue weighted by Gasteiger charge is -2.42. The predicted molar refractivity (Wildman–Crippen MR) is 88.9 cm³/mol. The summed E-state index contributed by atoms with van der Waals surface area (Å²) in [4.78, 5) is 16.9. The maximum absolute atomic E-state index is 12.6. The van der Waals surface area contributed by atoms with E-state index in [1.807, 2.05) is 11.0 Å². The van der Waals surface area contributed by atoms with Gasteiger partial charge in [0.25, 0.3) is 0 Å². The van der Waals surface area contributed by atoms with Crippen LogP contribution in [0.15, 0.2) is 30.3 Å². The van der Waals surface area contributed by atoms with Crippen LogP contribution in [0, 0.1) is 0 Å². The van der Waals surface area contributed by atoms with Gasteiger partial charge >= 0.3 is 6.03 Å². The lowest BCUT2D eigenvalue weighted by Crippen LogP contribution is -2.58. The van der Waals surface area contributed by atoms with Gasteiger partial charge in [0, 0.05) is 31.7 Å². The zero-order valence-electron chi connectivity index (χ0n) is 13.6. The van der Waals surface area contributed by atoms with Gasteiger partial charge in [-0.25, -0.2) is 4.79 Å². The Morgan fingerprint density at radius 1 is 1.09 bits per heavy atom. The van der Waals surface area contributed by atoms with Crippen LogP contribution in [0.5, 0.6) is 0 Å². The topological polar surface area (TPSA) is 35.6 Å². The normalized spacial score (nSPS) is 21.8. The largest absolute Gasteiger partial charge is 0.332 e. The molecule has 3 rings (SSSR count). The molecule has 0 aromatic heterocycles. The number of rotatable bonds is 3. The van der Waals surface area contributed by atoms with E-state index in [0.717, 1.165) is 58.3 Å². The minimum Gasteiger partial charge on any atom is -0.332 e. The van der Waals surface area contributed by atoms with Crippen LogP contribution in [0.2, 0.25) is 0 Å². The number of hydrogen-bond donors (Lipinski definition) is 1. The molecule has 22 heavy (non-hydrogen) atoms. The number of nitrogens with zero attached hydrogens (tertiary/aromatic N) is 2. The molecule has 0 unspecified atom stereocenters. The van der Waals surface area contributed by atoms with Crippen molar-refractivity contribution in [3.63, 3.8) is 0 Å². The third-order valence-electron chi connectivity index (χ3n) is 5.09. The smallest absolute Gasteiger partial charge is 0.317 e. The Morgan fingerprint density at radius 3 is 2.36 bits per heavy atom. The standard InChI is InChI=1S/C18H27N3O/c1-20-13-9-18(10-14-20,15-16-7-3-2-4-8-16)19-17(22)21-11-5-6-12-21/h2-4,7-8H,5-6,9-15H2,1H3,(H,19,22). The number of carbonyl (C=O) groups is 1. The first-order valence-corrected chi connectivity index (χ1v) is 8.46. The monoisotopic (exact) mass is 301 g/mol. The van der Waals surface area contributed by atoms with Gasteiger partial charge in [0.05, 0.1) is 0 Å². The number of urea groups is 1. The van der Waals surface area contributed by atoms with Gasteiger partial charge in [-0.3, -0.25) is 0 Å². The number of nitrogens with one attached hydrogen (secondary N) is 1. The molecule has 0 atom stereocenters. The van der Waals surface area contributed by atoms with Gasteiger partial charge < -0.3 is 15.1 Å². The van der Waals surface area contributed by atoms with Crippen molar-refractivity contribution in [1.82, 2.24) is 15.1 Å². The Morgan fingerprint density at radius 2 is 1.73 bits per heavy atom. The van der Waals surface area contributed by atoms with Crippen LogP contribution >= 0.6 is 0 Å². The van der Waals surface area contributed by atoms with Crippen molar-refractivity contribution in [3.05, 3.63) is 35.9 Å². The first-order chi connectivity index (χ1) is 10.7. The van der Waals surface area contributed by atoms with E-state index in [-0.39, 0.29) is 11.6 Å². The second kappa shape index (κ2) is 6.69. The highest BCUT2D eigenvalue weighted by Crippen LogP contribution is 2.27. The molecule has 2 saturated heterocycles. The highest BCUT2D eigenvalue weighted by atomic mass is 16.2. The van der Waals surface area contributed by atoms with Crippen LogP contribution < -0.4 is 5.32 Å². The molecule has 2 heterocycles. The summed E-state index contributed by atoms with van der Waals surface area (Å²) in [6.07, 6.45) is 5.26. The molecule has 4 heteroatoms. The van der Waals surface area contributed by atoms with E-state index in [1.165, 1.54) is 5.56 Å². The summed E-state index contributed by atoms with van der Waals surface area (Å²) in [7, 11) is 2.16. The van der Waals surface area contributed by atoms with Crippen molar-refractivity contribution in [1.29, 1.82) is 0 Å². The Kier molecular flexibility index (Phi) is 4.67. The molecule has 120 valence electrons. The molecule has 1 aromatic carbocycles. The van der Waals surface area contributed by atoms with E-state index in [1.54, 1.807) is 0 Å². The summed E-state index contributed by atoms with van der Waals surface area (Å²) in [6.45, 7) is 3.92. The van der Waals surface area contributed by atoms with Crippen LogP contribution in [0.1, 0.15) is 31.2 Å². The summed E-state index contributed by atoms with van der Waals surface area (Å²) in [6, 6.07) is 10.7. The van der Waals surface area contributed by atoms with Gasteiger partial charge in [-0.1, -0.05) is 30.3 Å². The summed E-state index contributed by atoms with van der Waals surface area (Å²) >= 11 is 0. The number of benzene rings is 1. The highest BCUT2D eigenvalue weighted by Gasteiger charge is 2.36.